The van der Waals surface area contributed by atoms with Gasteiger partial charge in [-0.2, -0.15) is 0 Å². The fraction of sp³-hybridized carbons (Fsp3) is 1.00. The maximum Gasteiger partial charge on any atom is 0.0586 e. The minimum Gasteiger partial charge on any atom is -0.381 e. The van der Waals surface area contributed by atoms with Crippen molar-refractivity contribution in [3.63, 3.8) is 0 Å². The molecule has 1 saturated heterocycles. The number of hydrogen-bond donors (Lipinski definition) is 1. The molecule has 1 heterocycles. The first-order valence-electron chi connectivity index (χ1n) is 8.88. The van der Waals surface area contributed by atoms with Crippen molar-refractivity contribution in [2.24, 2.45) is 0 Å². The molecule has 3 heteroatoms. The molecular formula is C17H32N2O. The molecule has 2 saturated carbocycles. The summed E-state index contributed by atoms with van der Waals surface area (Å²) in [6, 6.07) is 2.38. The van der Waals surface area contributed by atoms with Gasteiger partial charge >= 0.3 is 0 Å². The molecule has 0 amide bonds. The number of piperidine rings is 1. The Hall–Kier alpha value is -0.120. The fourth-order valence-electron chi connectivity index (χ4n) is 4.52. The zero-order valence-electron chi connectivity index (χ0n) is 13.2. The van der Waals surface area contributed by atoms with Gasteiger partial charge in [0.05, 0.1) is 6.10 Å². The number of ether oxygens (including phenoxy) is 1. The number of nitrogens with one attached hydrogen (secondary N) is 1. The predicted molar refractivity (Wildman–Crippen MR) is 83.0 cm³/mol. The van der Waals surface area contributed by atoms with E-state index in [9.17, 15) is 0 Å². The Balaban J connectivity index is 1.38. The lowest BCUT2D eigenvalue weighted by Crippen LogP contribution is -2.49. The molecule has 116 valence electrons. The lowest BCUT2D eigenvalue weighted by Gasteiger charge is -2.40. The molecule has 0 aromatic rings. The van der Waals surface area contributed by atoms with E-state index in [2.05, 4.69) is 10.2 Å². The average molecular weight is 280 g/mol. The zero-order valence-corrected chi connectivity index (χ0v) is 13.2. The van der Waals surface area contributed by atoms with Crippen molar-refractivity contribution >= 4 is 0 Å². The Kier molecular flexibility index (Phi) is 5.36. The van der Waals surface area contributed by atoms with E-state index in [1.165, 1.54) is 77.3 Å². The van der Waals surface area contributed by atoms with Gasteiger partial charge in [0.25, 0.3) is 0 Å². The minimum atomic E-state index is 0.509. The van der Waals surface area contributed by atoms with Gasteiger partial charge in [-0.3, -0.25) is 0 Å². The number of rotatable bonds is 4. The zero-order chi connectivity index (χ0) is 13.8. The van der Waals surface area contributed by atoms with E-state index in [0.717, 1.165) is 12.1 Å². The summed E-state index contributed by atoms with van der Waals surface area (Å²) in [4.78, 5) is 2.78. The van der Waals surface area contributed by atoms with Crippen LogP contribution in [0.3, 0.4) is 0 Å². The molecular weight excluding hydrogens is 248 g/mol. The van der Waals surface area contributed by atoms with Crippen LogP contribution < -0.4 is 5.32 Å². The molecule has 3 aliphatic rings. The molecule has 0 spiro atoms. The highest BCUT2D eigenvalue weighted by atomic mass is 16.5. The van der Waals surface area contributed by atoms with Gasteiger partial charge in [0, 0.05) is 25.2 Å². The summed E-state index contributed by atoms with van der Waals surface area (Å²) in [5, 5.41) is 3.90. The van der Waals surface area contributed by atoms with Crippen molar-refractivity contribution in [3.8, 4) is 0 Å². The Morgan fingerprint density at radius 1 is 0.850 bits per heavy atom. The Labute approximate surface area is 124 Å². The van der Waals surface area contributed by atoms with E-state index in [0.29, 0.717) is 12.1 Å². The first kappa shape index (κ1) is 14.8. The van der Waals surface area contributed by atoms with E-state index >= 15 is 0 Å². The molecule has 2 aliphatic carbocycles. The van der Waals surface area contributed by atoms with Crippen molar-refractivity contribution in [1.82, 2.24) is 10.2 Å². The van der Waals surface area contributed by atoms with Gasteiger partial charge in [-0.1, -0.05) is 19.3 Å². The van der Waals surface area contributed by atoms with Crippen LogP contribution in [0.4, 0.5) is 0 Å². The largest absolute Gasteiger partial charge is 0.381 e. The highest BCUT2D eigenvalue weighted by Gasteiger charge is 2.29. The van der Waals surface area contributed by atoms with Crippen molar-refractivity contribution in [1.29, 1.82) is 0 Å². The maximum absolute atomic E-state index is 5.48. The fourth-order valence-corrected chi connectivity index (χ4v) is 4.52. The summed E-state index contributed by atoms with van der Waals surface area (Å²) in [6.07, 6.45) is 14.3. The number of likely N-dealkylation sites (tertiary alicyclic amines) is 1. The molecule has 3 fully saturated rings. The standard InChI is InChI=1S/C17H32N2O/c1-20-17-8-7-15(13-17)18-14-9-11-19(12-10-14)16-5-3-2-4-6-16/h14-18H,2-13H2,1H3/t15-,17+/m1/s1. The van der Waals surface area contributed by atoms with Crippen LogP contribution in [-0.4, -0.2) is 49.3 Å². The summed E-state index contributed by atoms with van der Waals surface area (Å²) < 4.78 is 5.48. The third-order valence-electron chi connectivity index (χ3n) is 5.81. The molecule has 0 radical (unpaired) electrons. The van der Waals surface area contributed by atoms with Gasteiger partial charge < -0.3 is 15.0 Å². The molecule has 20 heavy (non-hydrogen) atoms. The van der Waals surface area contributed by atoms with Crippen molar-refractivity contribution < 1.29 is 4.74 Å². The molecule has 3 nitrogen and oxygen atoms in total. The first-order chi connectivity index (χ1) is 9.85. The van der Waals surface area contributed by atoms with Crippen LogP contribution >= 0.6 is 0 Å². The minimum absolute atomic E-state index is 0.509. The molecule has 0 aromatic carbocycles. The molecule has 0 unspecified atom stereocenters. The third-order valence-corrected chi connectivity index (χ3v) is 5.81. The highest BCUT2D eigenvalue weighted by Crippen LogP contribution is 2.27. The second-order valence-electron chi connectivity index (χ2n) is 7.14. The van der Waals surface area contributed by atoms with Gasteiger partial charge in [0.15, 0.2) is 0 Å². The van der Waals surface area contributed by atoms with E-state index in [4.69, 9.17) is 4.74 Å². The maximum atomic E-state index is 5.48. The van der Waals surface area contributed by atoms with Crippen LogP contribution in [-0.2, 0) is 4.74 Å². The molecule has 0 bridgehead atoms. The molecule has 3 rings (SSSR count). The Morgan fingerprint density at radius 2 is 1.60 bits per heavy atom. The SMILES string of the molecule is CO[C@H]1CC[C@@H](NC2CCN(C3CCCCC3)CC2)C1. The van der Waals surface area contributed by atoms with Gasteiger partial charge in [-0.15, -0.1) is 0 Å². The van der Waals surface area contributed by atoms with Gasteiger partial charge in [-0.25, -0.2) is 0 Å². The van der Waals surface area contributed by atoms with Crippen molar-refractivity contribution in [2.45, 2.75) is 88.4 Å². The van der Waals surface area contributed by atoms with Crippen molar-refractivity contribution in [3.05, 3.63) is 0 Å². The van der Waals surface area contributed by atoms with E-state index < -0.39 is 0 Å². The van der Waals surface area contributed by atoms with Crippen LogP contribution in [0.1, 0.15) is 64.2 Å². The Morgan fingerprint density at radius 3 is 2.25 bits per heavy atom. The van der Waals surface area contributed by atoms with Crippen LogP contribution in [0.2, 0.25) is 0 Å². The van der Waals surface area contributed by atoms with Crippen LogP contribution in [0.25, 0.3) is 0 Å². The second kappa shape index (κ2) is 7.24. The van der Waals surface area contributed by atoms with Gasteiger partial charge in [0.1, 0.15) is 0 Å². The summed E-state index contributed by atoms with van der Waals surface area (Å²) in [5.41, 5.74) is 0. The number of methoxy groups -OCH3 is 1. The lowest BCUT2D eigenvalue weighted by atomic mass is 9.92. The normalized spacial score (nSPS) is 34.6. The molecule has 1 aliphatic heterocycles. The van der Waals surface area contributed by atoms with Crippen LogP contribution in [0, 0.1) is 0 Å². The average Bonchev–Trinajstić information content (AvgIpc) is 2.97. The van der Waals surface area contributed by atoms with Gasteiger partial charge in [-0.05, 0) is 58.0 Å². The van der Waals surface area contributed by atoms with E-state index in [-0.39, 0.29) is 0 Å². The van der Waals surface area contributed by atoms with Gasteiger partial charge in [0.2, 0.25) is 0 Å². The van der Waals surface area contributed by atoms with Crippen molar-refractivity contribution in [2.75, 3.05) is 20.2 Å². The summed E-state index contributed by atoms with van der Waals surface area (Å²) in [5.74, 6) is 0. The Bertz CT molecular complexity index is 283. The lowest BCUT2D eigenvalue weighted by molar-refractivity contribution is 0.101. The smallest absolute Gasteiger partial charge is 0.0586 e. The summed E-state index contributed by atoms with van der Waals surface area (Å²) in [7, 11) is 1.86. The molecule has 2 atom stereocenters. The monoisotopic (exact) mass is 280 g/mol. The number of hydrogen-bond acceptors (Lipinski definition) is 3. The topological polar surface area (TPSA) is 24.5 Å². The van der Waals surface area contributed by atoms with E-state index in [1.807, 2.05) is 7.11 Å². The van der Waals surface area contributed by atoms with E-state index in [1.54, 1.807) is 0 Å². The quantitative estimate of drug-likeness (QED) is 0.857. The third kappa shape index (κ3) is 3.75. The molecule has 0 aromatic heterocycles. The highest BCUT2D eigenvalue weighted by molar-refractivity contribution is 4.88. The summed E-state index contributed by atoms with van der Waals surface area (Å²) in [6.45, 7) is 2.64. The predicted octanol–water partition coefficient (Wildman–Crippen LogP) is 2.94. The molecule has 1 N–H and O–H groups in total. The number of nitrogens with zero attached hydrogens (tertiary/aromatic N) is 1. The second-order valence-corrected chi connectivity index (χ2v) is 7.14. The van der Waals surface area contributed by atoms with Crippen LogP contribution in [0.5, 0.6) is 0 Å². The summed E-state index contributed by atoms with van der Waals surface area (Å²) >= 11 is 0. The van der Waals surface area contributed by atoms with Crippen LogP contribution in [0.15, 0.2) is 0 Å². The first-order valence-corrected chi connectivity index (χ1v) is 8.88.